The summed E-state index contributed by atoms with van der Waals surface area (Å²) in [6.45, 7) is 3.05. The predicted octanol–water partition coefficient (Wildman–Crippen LogP) is 3.35. The summed E-state index contributed by atoms with van der Waals surface area (Å²) in [4.78, 5) is 17.8. The smallest absolute Gasteiger partial charge is 0.255 e. The molecule has 3 atom stereocenters. The van der Waals surface area contributed by atoms with Gasteiger partial charge in [-0.05, 0) is 55.7 Å². The van der Waals surface area contributed by atoms with Gasteiger partial charge in [0.15, 0.2) is 5.65 Å². The molecule has 2 aliphatic carbocycles. The molecule has 0 radical (unpaired) electrons. The zero-order chi connectivity index (χ0) is 23.9. The van der Waals surface area contributed by atoms with E-state index < -0.39 is 10.0 Å². The molecule has 5 rings (SSSR count). The minimum atomic E-state index is -3.33. The Morgan fingerprint density at radius 3 is 2.59 bits per heavy atom. The van der Waals surface area contributed by atoms with Crippen molar-refractivity contribution in [3.63, 3.8) is 0 Å². The number of aromatic nitrogens is 3. The van der Waals surface area contributed by atoms with E-state index in [9.17, 15) is 13.2 Å². The van der Waals surface area contributed by atoms with Crippen molar-refractivity contribution in [3.05, 3.63) is 47.8 Å². The number of sulfonamides is 1. The van der Waals surface area contributed by atoms with Crippen molar-refractivity contribution < 1.29 is 13.2 Å². The van der Waals surface area contributed by atoms with Gasteiger partial charge in [-0.1, -0.05) is 18.6 Å². The lowest BCUT2D eigenvalue weighted by Crippen LogP contribution is -2.29. The number of fused-ring (bicyclic) bond motifs is 3. The first-order chi connectivity index (χ1) is 16.3. The monoisotopic (exact) mass is 482 g/mol. The molecule has 2 bridgehead atoms. The number of amides is 1. The van der Waals surface area contributed by atoms with Crippen LogP contribution < -0.4 is 15.4 Å². The number of nitrogens with one attached hydrogen (secondary N) is 3. The van der Waals surface area contributed by atoms with Crippen LogP contribution in [0.1, 0.15) is 48.5 Å². The third-order valence-electron chi connectivity index (χ3n) is 6.99. The molecule has 3 N–H and O–H groups in total. The molecule has 2 aromatic heterocycles. The summed E-state index contributed by atoms with van der Waals surface area (Å²) < 4.78 is 27.0. The van der Waals surface area contributed by atoms with Gasteiger partial charge < -0.3 is 10.6 Å². The highest BCUT2D eigenvalue weighted by molar-refractivity contribution is 7.92. The fourth-order valence-corrected chi connectivity index (χ4v) is 5.94. The molecule has 2 aliphatic rings. The van der Waals surface area contributed by atoms with E-state index >= 15 is 0 Å². The molecule has 2 saturated carbocycles. The second-order valence-corrected chi connectivity index (χ2v) is 11.2. The van der Waals surface area contributed by atoms with E-state index in [1.54, 1.807) is 36.7 Å². The summed E-state index contributed by atoms with van der Waals surface area (Å²) in [6.07, 6.45) is 9.52. The molecule has 0 saturated heterocycles. The van der Waals surface area contributed by atoms with Gasteiger partial charge in [0.05, 0.1) is 29.1 Å². The number of carbonyl (C=O) groups is 1. The lowest BCUT2D eigenvalue weighted by Gasteiger charge is -2.25. The fourth-order valence-electron chi connectivity index (χ4n) is 5.38. The third kappa shape index (κ3) is 4.59. The average molecular weight is 483 g/mol. The predicted molar refractivity (Wildman–Crippen MR) is 132 cm³/mol. The van der Waals surface area contributed by atoms with E-state index in [0.29, 0.717) is 36.3 Å². The molecule has 34 heavy (non-hydrogen) atoms. The zero-order valence-corrected chi connectivity index (χ0v) is 20.2. The molecule has 10 heteroatoms. The van der Waals surface area contributed by atoms with Gasteiger partial charge in [-0.15, -0.1) is 0 Å². The molecule has 9 nitrogen and oxygen atoms in total. The number of carbonyl (C=O) groups excluding carboxylic acids is 1. The van der Waals surface area contributed by atoms with Crippen LogP contribution in [0.25, 0.3) is 11.0 Å². The Balaban J connectivity index is 1.36. The third-order valence-corrected chi connectivity index (χ3v) is 7.59. The highest BCUT2D eigenvalue weighted by Gasteiger charge is 2.40. The van der Waals surface area contributed by atoms with Gasteiger partial charge in [-0.3, -0.25) is 9.52 Å². The maximum absolute atomic E-state index is 13.2. The topological polar surface area (TPSA) is 118 Å². The molecule has 0 aliphatic heterocycles. The summed E-state index contributed by atoms with van der Waals surface area (Å²) in [5, 5.41) is 12.0. The molecule has 3 aromatic rings. The van der Waals surface area contributed by atoms with Crippen molar-refractivity contribution in [1.82, 2.24) is 20.1 Å². The maximum atomic E-state index is 13.2. The van der Waals surface area contributed by atoms with Crippen molar-refractivity contribution in [3.8, 4) is 0 Å². The zero-order valence-electron chi connectivity index (χ0n) is 19.4. The molecule has 1 amide bonds. The van der Waals surface area contributed by atoms with Crippen LogP contribution in [0.2, 0.25) is 0 Å². The molecule has 180 valence electrons. The maximum Gasteiger partial charge on any atom is 0.255 e. The van der Waals surface area contributed by atoms with Crippen LogP contribution in [-0.4, -0.2) is 41.4 Å². The quantitative estimate of drug-likeness (QED) is 0.453. The van der Waals surface area contributed by atoms with Crippen LogP contribution in [0.5, 0.6) is 0 Å². The number of rotatable bonds is 8. The van der Waals surface area contributed by atoms with E-state index in [2.05, 4.69) is 25.4 Å². The summed E-state index contributed by atoms with van der Waals surface area (Å²) in [5.41, 5.74) is 3.45. The Morgan fingerprint density at radius 1 is 1.15 bits per heavy atom. The normalized spacial score (nSPS) is 21.6. The molecule has 2 fully saturated rings. The van der Waals surface area contributed by atoms with Gasteiger partial charge in [0.25, 0.3) is 5.91 Å². The molecule has 2 heterocycles. The SMILES string of the molecule is CCn1ncc2c(N[C@@H]3C[C@@H]4CC[C@@H]3C4)c(C(=O)NCc3ccc(NS(C)(=O)=O)cc3)cnc21. The van der Waals surface area contributed by atoms with Crippen LogP contribution in [0, 0.1) is 11.8 Å². The second kappa shape index (κ2) is 8.90. The highest BCUT2D eigenvalue weighted by atomic mass is 32.2. The highest BCUT2D eigenvalue weighted by Crippen LogP contribution is 2.46. The van der Waals surface area contributed by atoms with Gasteiger partial charge in [0, 0.05) is 31.0 Å². The molecular formula is C24H30N6O3S. The van der Waals surface area contributed by atoms with E-state index in [0.717, 1.165) is 40.9 Å². The summed E-state index contributed by atoms with van der Waals surface area (Å²) >= 11 is 0. The Morgan fingerprint density at radius 2 is 1.94 bits per heavy atom. The standard InChI is InChI=1S/C24H30N6O3S/c1-3-30-23-19(14-27-30)22(28-21-11-16-4-7-17(21)10-16)20(13-25-23)24(31)26-12-15-5-8-18(9-6-15)29-34(2,32)33/h5-6,8-9,13-14,16-17,21,29H,3-4,7,10-12H2,1-2H3,(H,25,28)(H,26,31)/t16-,17-,21-/m1/s1. The molecular weight excluding hydrogens is 452 g/mol. The Hall–Kier alpha value is -3.14. The Bertz CT molecular complexity index is 1320. The van der Waals surface area contributed by atoms with Crippen LogP contribution in [0.15, 0.2) is 36.7 Å². The van der Waals surface area contributed by atoms with E-state index in [1.807, 2.05) is 11.6 Å². The first-order valence-corrected chi connectivity index (χ1v) is 13.7. The number of nitrogens with zero attached hydrogens (tertiary/aromatic N) is 3. The van der Waals surface area contributed by atoms with Gasteiger partial charge in [0.1, 0.15) is 0 Å². The van der Waals surface area contributed by atoms with E-state index in [-0.39, 0.29) is 5.91 Å². The van der Waals surface area contributed by atoms with Crippen molar-refractivity contribution in [2.75, 3.05) is 16.3 Å². The van der Waals surface area contributed by atoms with Gasteiger partial charge in [0.2, 0.25) is 10.0 Å². The van der Waals surface area contributed by atoms with Crippen LogP contribution in [0.3, 0.4) is 0 Å². The fraction of sp³-hybridized carbons (Fsp3) is 0.458. The number of anilines is 2. The first kappa shape index (κ1) is 22.6. The van der Waals surface area contributed by atoms with Gasteiger partial charge >= 0.3 is 0 Å². The lowest BCUT2D eigenvalue weighted by molar-refractivity contribution is 0.0951. The summed E-state index contributed by atoms with van der Waals surface area (Å²) in [7, 11) is -3.33. The average Bonchev–Trinajstić information content (AvgIpc) is 3.53. The summed E-state index contributed by atoms with van der Waals surface area (Å²) in [6, 6.07) is 7.30. The molecule has 0 spiro atoms. The van der Waals surface area contributed by atoms with Gasteiger partial charge in [-0.25, -0.2) is 18.1 Å². The van der Waals surface area contributed by atoms with Crippen molar-refractivity contribution in [2.45, 2.75) is 51.7 Å². The van der Waals surface area contributed by atoms with Crippen LogP contribution >= 0.6 is 0 Å². The van der Waals surface area contributed by atoms with Crippen molar-refractivity contribution in [2.24, 2.45) is 11.8 Å². The summed E-state index contributed by atoms with van der Waals surface area (Å²) in [5.74, 6) is 1.24. The second-order valence-electron chi connectivity index (χ2n) is 9.42. The minimum absolute atomic E-state index is 0.206. The Kier molecular flexibility index (Phi) is 5.93. The van der Waals surface area contributed by atoms with E-state index in [4.69, 9.17) is 0 Å². The Labute approximate surface area is 199 Å². The van der Waals surface area contributed by atoms with Crippen LogP contribution in [-0.2, 0) is 23.1 Å². The number of aryl methyl sites for hydroxylation is 1. The largest absolute Gasteiger partial charge is 0.381 e. The lowest BCUT2D eigenvalue weighted by atomic mass is 9.94. The molecule has 0 unspecified atom stereocenters. The minimum Gasteiger partial charge on any atom is -0.381 e. The van der Waals surface area contributed by atoms with Crippen molar-refractivity contribution in [1.29, 1.82) is 0 Å². The molecule has 1 aromatic carbocycles. The number of benzene rings is 1. The van der Waals surface area contributed by atoms with Crippen molar-refractivity contribution >= 4 is 38.3 Å². The van der Waals surface area contributed by atoms with E-state index in [1.165, 1.54) is 19.3 Å². The number of pyridine rings is 1. The number of hydrogen-bond donors (Lipinski definition) is 3. The number of hydrogen-bond acceptors (Lipinski definition) is 6. The van der Waals surface area contributed by atoms with Gasteiger partial charge in [-0.2, -0.15) is 5.10 Å². The van der Waals surface area contributed by atoms with Crippen LogP contribution in [0.4, 0.5) is 11.4 Å². The first-order valence-electron chi connectivity index (χ1n) is 11.8.